The van der Waals surface area contributed by atoms with Crippen LogP contribution in [0.15, 0.2) is 4.52 Å². The average Bonchev–Trinajstić information content (AvgIpc) is 2.46. The fourth-order valence-corrected chi connectivity index (χ4v) is 0.951. The fraction of sp³-hybridized carbons (Fsp3) is 0.500. The lowest BCUT2D eigenvalue weighted by molar-refractivity contribution is -0.143. The molecule has 0 fully saturated rings. The lowest BCUT2D eigenvalue weighted by atomic mass is 10.2. The van der Waals surface area contributed by atoms with E-state index in [1.165, 1.54) is 0 Å². The molecule has 0 aliphatic heterocycles. The maximum absolute atomic E-state index is 10.9. The molecule has 1 heterocycles. The molecule has 6 nitrogen and oxygen atoms in total. The van der Waals surface area contributed by atoms with E-state index in [0.29, 0.717) is 6.61 Å². The van der Waals surface area contributed by atoms with Crippen LogP contribution in [-0.2, 0) is 16.0 Å². The van der Waals surface area contributed by atoms with E-state index in [0.717, 1.165) is 0 Å². The maximum atomic E-state index is 10.9. The molecule has 0 radical (unpaired) electrons. The Hall–Kier alpha value is -1.72. The molecule has 0 aromatic carbocycles. The van der Waals surface area contributed by atoms with Gasteiger partial charge in [-0.25, -0.2) is 0 Å². The van der Waals surface area contributed by atoms with Gasteiger partial charge in [0.25, 0.3) is 5.88 Å². The summed E-state index contributed by atoms with van der Waals surface area (Å²) in [5, 5.41) is 12.7. The number of carbonyl (C=O) groups excluding carboxylic acids is 1. The Morgan fingerprint density at radius 2 is 2.43 bits per heavy atom. The minimum Gasteiger partial charge on any atom is -0.502 e. The molecule has 0 spiro atoms. The second-order valence-corrected chi connectivity index (χ2v) is 2.65. The summed E-state index contributed by atoms with van der Waals surface area (Å²) in [6, 6.07) is 0. The van der Waals surface area contributed by atoms with E-state index in [1.807, 2.05) is 0 Å². The van der Waals surface area contributed by atoms with Gasteiger partial charge in [0, 0.05) is 6.42 Å². The molecule has 6 heteroatoms. The predicted octanol–water partition coefficient (Wildman–Crippen LogP) is 0.458. The van der Waals surface area contributed by atoms with Gasteiger partial charge in [0.05, 0.1) is 13.0 Å². The first-order valence-electron chi connectivity index (χ1n) is 4.23. The molecule has 0 aliphatic carbocycles. The molecule has 0 saturated heterocycles. The summed E-state index contributed by atoms with van der Waals surface area (Å²) in [5.74, 6) is -0.674. The number of carbonyl (C=O) groups is 1. The number of hydrogen-bond acceptors (Lipinski definition) is 6. The number of aromatic nitrogens is 1. The molecule has 0 aliphatic rings. The highest BCUT2D eigenvalue weighted by atomic mass is 16.5. The molecule has 0 bridgehead atoms. The van der Waals surface area contributed by atoms with E-state index >= 15 is 0 Å². The number of nitrogens with zero attached hydrogens (tertiary/aromatic N) is 1. The molecule has 0 saturated carbocycles. The third-order valence-electron chi connectivity index (χ3n) is 1.63. The Kier molecular flexibility index (Phi) is 3.33. The number of rotatable bonds is 4. The van der Waals surface area contributed by atoms with Crippen molar-refractivity contribution < 1.29 is 19.2 Å². The summed E-state index contributed by atoms with van der Waals surface area (Å²) >= 11 is 0. The van der Waals surface area contributed by atoms with Crippen LogP contribution in [0.2, 0.25) is 0 Å². The molecular formula is C8H12N2O4. The number of hydrogen-bond donors (Lipinski definition) is 2. The van der Waals surface area contributed by atoms with Gasteiger partial charge in [-0.1, -0.05) is 5.16 Å². The number of esters is 1. The van der Waals surface area contributed by atoms with Crippen molar-refractivity contribution in [1.82, 2.24) is 5.16 Å². The Balaban J connectivity index is 2.46. The van der Waals surface area contributed by atoms with Crippen molar-refractivity contribution in [2.24, 2.45) is 0 Å². The van der Waals surface area contributed by atoms with E-state index in [9.17, 15) is 9.90 Å². The molecule has 1 aromatic heterocycles. The SMILES string of the molecule is CCOC(=O)CCc1noc(N)c1O. The highest BCUT2D eigenvalue weighted by molar-refractivity contribution is 5.69. The third-order valence-corrected chi connectivity index (χ3v) is 1.63. The normalized spacial score (nSPS) is 10.1. The molecule has 1 rings (SSSR count). The van der Waals surface area contributed by atoms with E-state index < -0.39 is 0 Å². The zero-order valence-electron chi connectivity index (χ0n) is 7.82. The van der Waals surface area contributed by atoms with Gasteiger partial charge in [-0.15, -0.1) is 0 Å². The molecule has 14 heavy (non-hydrogen) atoms. The highest BCUT2D eigenvalue weighted by Crippen LogP contribution is 2.24. The monoisotopic (exact) mass is 200 g/mol. The minimum absolute atomic E-state index is 0.135. The predicted molar refractivity (Wildman–Crippen MR) is 47.5 cm³/mol. The summed E-state index contributed by atoms with van der Waals surface area (Å²) in [6.45, 7) is 2.06. The van der Waals surface area contributed by atoms with Crippen molar-refractivity contribution in [1.29, 1.82) is 0 Å². The van der Waals surface area contributed by atoms with Crippen molar-refractivity contribution in [3.63, 3.8) is 0 Å². The van der Waals surface area contributed by atoms with E-state index in [4.69, 9.17) is 10.5 Å². The number of ether oxygens (including phenoxy) is 1. The van der Waals surface area contributed by atoms with Gasteiger partial charge >= 0.3 is 5.97 Å². The van der Waals surface area contributed by atoms with Crippen LogP contribution in [0.5, 0.6) is 5.75 Å². The largest absolute Gasteiger partial charge is 0.502 e. The highest BCUT2D eigenvalue weighted by Gasteiger charge is 2.13. The summed E-state index contributed by atoms with van der Waals surface area (Å²) in [4.78, 5) is 10.9. The van der Waals surface area contributed by atoms with Crippen molar-refractivity contribution in [3.05, 3.63) is 5.69 Å². The van der Waals surface area contributed by atoms with E-state index in [-0.39, 0.29) is 36.1 Å². The molecule has 0 unspecified atom stereocenters. The van der Waals surface area contributed by atoms with Crippen LogP contribution in [0, 0.1) is 0 Å². The fourth-order valence-electron chi connectivity index (χ4n) is 0.951. The van der Waals surface area contributed by atoms with Gasteiger partial charge in [-0.3, -0.25) is 4.79 Å². The van der Waals surface area contributed by atoms with Gasteiger partial charge in [-0.05, 0) is 6.92 Å². The molecule has 3 N–H and O–H groups in total. The first-order valence-corrected chi connectivity index (χ1v) is 4.23. The van der Waals surface area contributed by atoms with Gasteiger partial charge < -0.3 is 20.1 Å². The quantitative estimate of drug-likeness (QED) is 0.685. The summed E-state index contributed by atoms with van der Waals surface area (Å²) < 4.78 is 9.21. The number of anilines is 1. The summed E-state index contributed by atoms with van der Waals surface area (Å²) in [5.41, 5.74) is 5.48. The lowest BCUT2D eigenvalue weighted by Gasteiger charge is -1.98. The first kappa shape index (κ1) is 10.4. The van der Waals surface area contributed by atoms with Crippen LogP contribution in [0.1, 0.15) is 19.0 Å². The minimum atomic E-state index is -0.339. The topological polar surface area (TPSA) is 98.6 Å². The number of nitrogen functional groups attached to an aromatic ring is 1. The number of aryl methyl sites for hydroxylation is 1. The standard InChI is InChI=1S/C8H12N2O4/c1-2-13-6(11)4-3-5-7(12)8(9)14-10-5/h12H,2-4,9H2,1H3. The Labute approximate surface area is 80.6 Å². The molecule has 0 amide bonds. The van der Waals surface area contributed by atoms with Crippen molar-refractivity contribution >= 4 is 11.9 Å². The number of nitrogens with two attached hydrogens (primary N) is 1. The van der Waals surface area contributed by atoms with Crippen molar-refractivity contribution in [2.75, 3.05) is 12.3 Å². The van der Waals surface area contributed by atoms with Crippen LogP contribution >= 0.6 is 0 Å². The zero-order chi connectivity index (χ0) is 10.6. The van der Waals surface area contributed by atoms with Gasteiger partial charge in [0.1, 0.15) is 5.69 Å². The number of aromatic hydroxyl groups is 1. The van der Waals surface area contributed by atoms with Crippen LogP contribution in [-0.4, -0.2) is 22.8 Å². The molecule has 1 aromatic rings. The van der Waals surface area contributed by atoms with E-state index in [1.54, 1.807) is 6.92 Å². The molecule has 78 valence electrons. The zero-order valence-corrected chi connectivity index (χ0v) is 7.82. The summed E-state index contributed by atoms with van der Waals surface area (Å²) in [7, 11) is 0. The van der Waals surface area contributed by atoms with Crippen LogP contribution in [0.25, 0.3) is 0 Å². The maximum Gasteiger partial charge on any atom is 0.306 e. The van der Waals surface area contributed by atoms with Crippen molar-refractivity contribution in [2.45, 2.75) is 19.8 Å². The van der Waals surface area contributed by atoms with Gasteiger partial charge in [0.2, 0.25) is 5.75 Å². The van der Waals surface area contributed by atoms with Crippen LogP contribution < -0.4 is 5.73 Å². The molecule has 0 atom stereocenters. The molecular weight excluding hydrogens is 188 g/mol. The average molecular weight is 200 g/mol. The Bertz CT molecular complexity index is 321. The van der Waals surface area contributed by atoms with E-state index in [2.05, 4.69) is 9.68 Å². The third kappa shape index (κ3) is 2.38. The summed E-state index contributed by atoms with van der Waals surface area (Å²) in [6.07, 6.45) is 0.402. The van der Waals surface area contributed by atoms with Crippen molar-refractivity contribution in [3.8, 4) is 5.75 Å². The lowest BCUT2D eigenvalue weighted by Crippen LogP contribution is -2.05. The Morgan fingerprint density at radius 3 is 2.93 bits per heavy atom. The first-order chi connectivity index (χ1) is 6.65. The second kappa shape index (κ2) is 4.50. The van der Waals surface area contributed by atoms with Gasteiger partial charge in [-0.2, -0.15) is 0 Å². The van der Waals surface area contributed by atoms with Gasteiger partial charge in [0.15, 0.2) is 0 Å². The second-order valence-electron chi connectivity index (χ2n) is 2.65. The van der Waals surface area contributed by atoms with Crippen LogP contribution in [0.4, 0.5) is 5.88 Å². The smallest absolute Gasteiger partial charge is 0.306 e. The Morgan fingerprint density at radius 1 is 1.71 bits per heavy atom. The van der Waals surface area contributed by atoms with Crippen LogP contribution in [0.3, 0.4) is 0 Å².